The van der Waals surface area contributed by atoms with Crippen molar-refractivity contribution in [3.05, 3.63) is 136 Å². The molecule has 0 aliphatic heterocycles. The van der Waals surface area contributed by atoms with E-state index in [1.165, 1.54) is 240 Å². The van der Waals surface area contributed by atoms with Gasteiger partial charge in [0.2, 0.25) is 0 Å². The van der Waals surface area contributed by atoms with Gasteiger partial charge in [0.15, 0.2) is 11.6 Å². The number of benzene rings is 2. The number of rotatable bonds is 36. The van der Waals surface area contributed by atoms with Crippen LogP contribution in [-0.2, 0) is 35.2 Å². The Kier molecular flexibility index (Phi) is 33.2. The minimum absolute atomic E-state index is 0.0395. The molecule has 0 aliphatic rings. The van der Waals surface area contributed by atoms with Gasteiger partial charge in [0.1, 0.15) is 9.75 Å². The molecule has 14 rings (SSSR count). The summed E-state index contributed by atoms with van der Waals surface area (Å²) in [5, 5.41) is 6.60. The van der Waals surface area contributed by atoms with Crippen molar-refractivity contribution in [1.29, 1.82) is 0 Å². The molecule has 4 unspecified atom stereocenters. The Balaban J connectivity index is 0.000000180. The van der Waals surface area contributed by atoms with E-state index >= 15 is 4.39 Å². The van der Waals surface area contributed by atoms with Crippen molar-refractivity contribution in [3.63, 3.8) is 0 Å². The Morgan fingerprint density at radius 2 is 0.739 bits per heavy atom. The summed E-state index contributed by atoms with van der Waals surface area (Å²) in [6.45, 7) is 29.7. The molecule has 0 aliphatic carbocycles. The van der Waals surface area contributed by atoms with Crippen LogP contribution in [0, 0.1) is 56.1 Å². The van der Waals surface area contributed by atoms with Gasteiger partial charge >= 0.3 is 282 Å². The molecule has 21 heteroatoms. The van der Waals surface area contributed by atoms with Gasteiger partial charge in [-0.25, -0.2) is 18.4 Å². The van der Waals surface area contributed by atoms with Gasteiger partial charge in [-0.2, -0.15) is 0 Å². The number of unbranched alkanes of at least 4 members (excludes halogenated alkanes) is 4. The van der Waals surface area contributed by atoms with Crippen LogP contribution >= 0.6 is 168 Å². The van der Waals surface area contributed by atoms with E-state index in [4.69, 9.17) is 9.47 Å². The Morgan fingerprint density at radius 3 is 1.10 bits per heavy atom. The number of thiophene rings is 12. The molecule has 0 fully saturated rings. The number of aryl methyl sites for hydroxylation is 3. The Bertz CT molecular complexity index is 5400. The molecular formula is C94H112Br2F2O4S12Sn. The summed E-state index contributed by atoms with van der Waals surface area (Å²) in [5.74, 6) is 0.946. The first-order chi connectivity index (χ1) is 55.4. The Morgan fingerprint density at radius 1 is 0.383 bits per heavy atom. The number of carbonyl (C=O) groups excluding carboxylic acids is 2. The molecule has 12 heterocycles. The van der Waals surface area contributed by atoms with Crippen molar-refractivity contribution in [3.8, 4) is 51.5 Å². The monoisotopic (exact) mass is 2000 g/mol. The first kappa shape index (κ1) is 91.2. The number of carbonyl (C=O) groups is 2. The fourth-order valence-corrected chi connectivity index (χ4v) is 37.4. The quantitative estimate of drug-likeness (QED) is 0.0290. The van der Waals surface area contributed by atoms with Crippen LogP contribution in [0.25, 0.3) is 112 Å². The molecule has 0 radical (unpaired) electrons. The molecular weight excluding hydrogens is 1890 g/mol. The fourth-order valence-electron chi connectivity index (χ4n) is 15.6. The Hall–Kier alpha value is -3.04. The summed E-state index contributed by atoms with van der Waals surface area (Å²) in [5.41, 5.74) is 5.66. The van der Waals surface area contributed by atoms with E-state index in [2.05, 4.69) is 223 Å². The molecule has 0 spiro atoms. The largest absolute Gasteiger partial charge is 0.461 e. The second kappa shape index (κ2) is 41.9. The number of fused-ring (bicyclic) bond motifs is 6. The minimum atomic E-state index is -2.29. The zero-order valence-corrected chi connectivity index (χ0v) is 85.6. The molecule has 0 N–H and O–H groups in total. The summed E-state index contributed by atoms with van der Waals surface area (Å²) >= 11 is 25.6. The van der Waals surface area contributed by atoms with Crippen LogP contribution in [0.15, 0.2) is 80.4 Å². The molecule has 0 saturated carbocycles. The van der Waals surface area contributed by atoms with Crippen molar-refractivity contribution in [1.82, 2.24) is 0 Å². The smallest absolute Gasteiger partial charge is 0.351 e. The van der Waals surface area contributed by atoms with Gasteiger partial charge in [0.05, 0.1) is 40.4 Å². The number of esters is 2. The molecule has 14 aromatic rings. The van der Waals surface area contributed by atoms with Gasteiger partial charge in [-0.05, 0) is 120 Å². The molecule has 0 saturated heterocycles. The normalized spacial score (nSPS) is 13.1. The van der Waals surface area contributed by atoms with Gasteiger partial charge in [-0.3, -0.25) is 0 Å². The van der Waals surface area contributed by atoms with Crippen LogP contribution in [-0.4, -0.2) is 43.5 Å². The van der Waals surface area contributed by atoms with Gasteiger partial charge in [-0.15, -0.1) is 90.7 Å². The first-order valence-corrected chi connectivity index (χ1v) is 63.3. The molecule has 115 heavy (non-hydrogen) atoms. The topological polar surface area (TPSA) is 52.6 Å². The first-order valence-electron chi connectivity index (χ1n) is 41.9. The summed E-state index contributed by atoms with van der Waals surface area (Å²) in [7, 11) is 0. The predicted molar refractivity (Wildman–Crippen MR) is 528 cm³/mol. The average molecular weight is 2010 g/mol. The third kappa shape index (κ3) is 20.9. The van der Waals surface area contributed by atoms with Crippen molar-refractivity contribution >= 4 is 262 Å². The van der Waals surface area contributed by atoms with Gasteiger partial charge in [0.25, 0.3) is 0 Å². The SMILES string of the molecule is CCCCC(CC)Cc1ccc(-c2c3c[c]([Sn]([CH3])([CH3])[CH3])sc3c(-c3ccc(CC(CC)CCCC)s3)c3cc(C)sc23)s1.CCCCC(CC)Cc1ccc(-c2c3cc(-c4sc(C)c5sc(C(=O)OCCC)c(F)c45)sc3c(-c3ccc(CC(CC)CCCC)s3)c3cc(C)sc23)s1.CCCOC(=O)c1sc2c(Br)sc(Br)c2c1F. The Labute approximate surface area is 751 Å². The van der Waals surface area contributed by atoms with Crippen molar-refractivity contribution in [2.24, 2.45) is 23.7 Å². The van der Waals surface area contributed by atoms with Crippen LogP contribution in [0.5, 0.6) is 0 Å². The van der Waals surface area contributed by atoms with Crippen molar-refractivity contribution < 1.29 is 27.8 Å². The molecule has 0 amide bonds. The maximum atomic E-state index is 16.4. The third-order valence-electron chi connectivity index (χ3n) is 22.2. The van der Waals surface area contributed by atoms with E-state index in [-0.39, 0.29) is 16.4 Å². The van der Waals surface area contributed by atoms with E-state index in [1.54, 1.807) is 35.3 Å². The van der Waals surface area contributed by atoms with Crippen LogP contribution < -0.4 is 2.89 Å². The zero-order valence-electron chi connectivity index (χ0n) is 69.8. The summed E-state index contributed by atoms with van der Waals surface area (Å²) in [4.78, 5) is 49.9. The molecule has 0 bridgehead atoms. The maximum absolute atomic E-state index is 16.4. The summed E-state index contributed by atoms with van der Waals surface area (Å²) < 4.78 is 51.2. The predicted octanol–water partition coefficient (Wildman–Crippen LogP) is 36.5. The second-order valence-electron chi connectivity index (χ2n) is 32.0. The number of hydrogen-bond acceptors (Lipinski definition) is 16. The van der Waals surface area contributed by atoms with Crippen LogP contribution in [0.3, 0.4) is 0 Å². The van der Waals surface area contributed by atoms with Crippen LogP contribution in [0.1, 0.15) is 238 Å². The average Bonchev–Trinajstić information content (AvgIpc) is 1.57. The van der Waals surface area contributed by atoms with Gasteiger partial charge in [-0.1, -0.05) is 107 Å². The standard InChI is InChI=1S/C46H53FO2S6.C35H43S4.C10H7Br2FO2S2.3CH3.Sn/c1-8-13-15-28(11-4)23-30-17-19-34(52-30)37-32-22-26(6)50-42(32)38(35-20-18-31(53-35)24-29(12-5)16-14-9-2)33-25-36(54-43(33)37)44-39-40(47)45(46(48)49-21-10-3)55-41(39)27(7)51-44;1-6-10-12-24(8-3)21-26-14-16-30(38-26)32-28-18-19-36-34(28)33(29-20-23(5)37-35(29)32)31-17-15-27(39-31)22-25(9-4)13-11-7-2;1-2-3-15-10(14)7-5(13)4-6(16-7)9(12)17-8(4)11;;;;/h17-20,22,25,28-29H,8-16,21,23-24H2,1-7H3;14-18,20,24-25H,6-13,21-22H2,1-5H3;2-3H2,1H3;3*1H3;. The fraction of sp³-hybridized carbons (Fsp3) is 0.468. The van der Waals surface area contributed by atoms with Crippen LogP contribution in [0.2, 0.25) is 14.8 Å². The number of hydrogen-bond donors (Lipinski definition) is 0. The molecule has 616 valence electrons. The minimum Gasteiger partial charge on any atom is -0.461 e. The van der Waals surface area contributed by atoms with Crippen LogP contribution in [0.4, 0.5) is 8.78 Å². The maximum Gasteiger partial charge on any atom is 0.351 e. The van der Waals surface area contributed by atoms with E-state index in [9.17, 15) is 14.0 Å². The van der Waals surface area contributed by atoms with E-state index in [0.717, 1.165) is 70.3 Å². The van der Waals surface area contributed by atoms with E-state index in [1.807, 2.05) is 66.1 Å². The van der Waals surface area contributed by atoms with Gasteiger partial charge < -0.3 is 9.47 Å². The second-order valence-corrected chi connectivity index (χ2v) is 63.6. The van der Waals surface area contributed by atoms with Crippen molar-refractivity contribution in [2.45, 2.75) is 246 Å². The zero-order chi connectivity index (χ0) is 82.1. The third-order valence-corrected chi connectivity index (χ3v) is 47.3. The van der Waals surface area contributed by atoms with Crippen molar-refractivity contribution in [2.75, 3.05) is 13.2 Å². The van der Waals surface area contributed by atoms with E-state index in [0.29, 0.717) is 39.4 Å². The van der Waals surface area contributed by atoms with E-state index < -0.39 is 41.9 Å². The molecule has 4 nitrogen and oxygen atoms in total. The number of ether oxygens (including phenoxy) is 2. The number of halogens is 4. The molecule has 12 aromatic heterocycles. The summed E-state index contributed by atoms with van der Waals surface area (Å²) in [6.07, 6.45) is 26.8. The summed E-state index contributed by atoms with van der Waals surface area (Å²) in [6, 6.07) is 29.2. The molecule has 2 aromatic carbocycles. The molecule has 4 atom stereocenters. The van der Waals surface area contributed by atoms with Gasteiger partial charge in [0, 0.05) is 70.8 Å².